The SMILES string of the molecule is Fc1cc(F)c(-c2cc[c]cc2)cc1F. The van der Waals surface area contributed by atoms with Gasteiger partial charge < -0.3 is 0 Å². The Labute approximate surface area is 85.0 Å². The van der Waals surface area contributed by atoms with Crippen LogP contribution in [0.2, 0.25) is 0 Å². The Kier molecular flexibility index (Phi) is 2.46. The zero-order valence-electron chi connectivity index (χ0n) is 7.60. The molecular weight excluding hydrogens is 201 g/mol. The van der Waals surface area contributed by atoms with Crippen LogP contribution in [0.5, 0.6) is 0 Å². The van der Waals surface area contributed by atoms with Crippen LogP contribution < -0.4 is 0 Å². The number of benzene rings is 2. The second-order valence-corrected chi connectivity index (χ2v) is 3.03. The summed E-state index contributed by atoms with van der Waals surface area (Å²) in [6, 6.07) is 10.5. The van der Waals surface area contributed by atoms with Gasteiger partial charge in [0.05, 0.1) is 0 Å². The molecule has 0 spiro atoms. The van der Waals surface area contributed by atoms with Gasteiger partial charge in [-0.3, -0.25) is 0 Å². The van der Waals surface area contributed by atoms with Crippen molar-refractivity contribution in [2.24, 2.45) is 0 Å². The second kappa shape index (κ2) is 3.77. The molecule has 0 aliphatic carbocycles. The highest BCUT2D eigenvalue weighted by molar-refractivity contribution is 5.63. The molecule has 0 amide bonds. The van der Waals surface area contributed by atoms with E-state index < -0.39 is 17.5 Å². The van der Waals surface area contributed by atoms with Crippen LogP contribution in [0.3, 0.4) is 0 Å². The highest BCUT2D eigenvalue weighted by Crippen LogP contribution is 2.24. The molecule has 0 aliphatic rings. The molecule has 0 fully saturated rings. The Morgan fingerprint density at radius 1 is 0.800 bits per heavy atom. The van der Waals surface area contributed by atoms with Crippen molar-refractivity contribution in [2.45, 2.75) is 0 Å². The van der Waals surface area contributed by atoms with Gasteiger partial charge in [-0.2, -0.15) is 0 Å². The van der Waals surface area contributed by atoms with Crippen LogP contribution >= 0.6 is 0 Å². The third-order valence-corrected chi connectivity index (χ3v) is 2.04. The van der Waals surface area contributed by atoms with Crippen molar-refractivity contribution >= 4 is 0 Å². The van der Waals surface area contributed by atoms with Gasteiger partial charge in [0.25, 0.3) is 0 Å². The first-order valence-corrected chi connectivity index (χ1v) is 4.29. The lowest BCUT2D eigenvalue weighted by Gasteiger charge is -2.03. The summed E-state index contributed by atoms with van der Waals surface area (Å²) < 4.78 is 38.8. The fraction of sp³-hybridized carbons (Fsp3) is 0. The van der Waals surface area contributed by atoms with Crippen molar-refractivity contribution in [1.29, 1.82) is 0 Å². The zero-order valence-corrected chi connectivity index (χ0v) is 7.60. The fourth-order valence-electron chi connectivity index (χ4n) is 1.31. The van der Waals surface area contributed by atoms with Gasteiger partial charge in [-0.1, -0.05) is 24.3 Å². The molecule has 0 unspecified atom stereocenters. The summed E-state index contributed by atoms with van der Waals surface area (Å²) in [5.74, 6) is -3.02. The lowest BCUT2D eigenvalue weighted by molar-refractivity contribution is 0.496. The minimum absolute atomic E-state index is 0.0444. The normalized spacial score (nSPS) is 10.3. The molecule has 2 aromatic carbocycles. The van der Waals surface area contributed by atoms with Gasteiger partial charge in [-0.05, 0) is 17.7 Å². The predicted octanol–water partition coefficient (Wildman–Crippen LogP) is 3.57. The maximum atomic E-state index is 13.3. The van der Waals surface area contributed by atoms with Crippen LogP contribution in [0.4, 0.5) is 13.2 Å². The van der Waals surface area contributed by atoms with Crippen molar-refractivity contribution < 1.29 is 13.2 Å². The Morgan fingerprint density at radius 2 is 1.40 bits per heavy atom. The van der Waals surface area contributed by atoms with Crippen molar-refractivity contribution in [3.63, 3.8) is 0 Å². The minimum atomic E-state index is -1.18. The van der Waals surface area contributed by atoms with E-state index in [0.29, 0.717) is 11.6 Å². The number of hydrogen-bond acceptors (Lipinski definition) is 0. The summed E-state index contributed by atoms with van der Waals surface area (Å²) in [5.41, 5.74) is 0.535. The van der Waals surface area contributed by atoms with Gasteiger partial charge in [0.15, 0.2) is 11.6 Å². The number of halogens is 3. The van der Waals surface area contributed by atoms with Crippen LogP contribution in [-0.4, -0.2) is 0 Å². The standard InChI is InChI=1S/C12H6F3/c13-10-7-12(15)11(14)6-9(10)8-4-2-1-3-5-8/h2-7H. The number of hydrogen-bond donors (Lipinski definition) is 0. The van der Waals surface area contributed by atoms with Gasteiger partial charge >= 0.3 is 0 Å². The molecule has 2 aromatic rings. The van der Waals surface area contributed by atoms with Gasteiger partial charge in [-0.15, -0.1) is 0 Å². The van der Waals surface area contributed by atoms with E-state index in [9.17, 15) is 13.2 Å². The molecule has 0 atom stereocenters. The van der Waals surface area contributed by atoms with Gasteiger partial charge in [0.2, 0.25) is 0 Å². The lowest BCUT2D eigenvalue weighted by atomic mass is 10.1. The third-order valence-electron chi connectivity index (χ3n) is 2.04. The molecular formula is C12H6F3. The van der Waals surface area contributed by atoms with Crippen molar-refractivity contribution in [3.8, 4) is 11.1 Å². The minimum Gasteiger partial charge on any atom is -0.206 e. The van der Waals surface area contributed by atoms with Gasteiger partial charge in [0.1, 0.15) is 5.82 Å². The Bertz CT molecular complexity index is 478. The molecule has 0 aromatic heterocycles. The molecule has 0 saturated carbocycles. The van der Waals surface area contributed by atoms with Gasteiger partial charge in [-0.25, -0.2) is 13.2 Å². The molecule has 75 valence electrons. The quantitative estimate of drug-likeness (QED) is 0.627. The molecule has 0 saturated heterocycles. The van der Waals surface area contributed by atoms with Crippen LogP contribution in [0.25, 0.3) is 11.1 Å². The van der Waals surface area contributed by atoms with Crippen LogP contribution in [0.1, 0.15) is 0 Å². The Hall–Kier alpha value is -1.77. The predicted molar refractivity (Wildman–Crippen MR) is 50.6 cm³/mol. The van der Waals surface area contributed by atoms with E-state index in [1.165, 1.54) is 0 Å². The maximum absolute atomic E-state index is 13.3. The molecule has 15 heavy (non-hydrogen) atoms. The van der Waals surface area contributed by atoms with E-state index in [1.54, 1.807) is 24.3 Å². The number of rotatable bonds is 1. The summed E-state index contributed by atoms with van der Waals surface area (Å²) in [5, 5.41) is 0. The third kappa shape index (κ3) is 1.86. The van der Waals surface area contributed by atoms with Crippen molar-refractivity contribution in [1.82, 2.24) is 0 Å². The molecule has 0 bridgehead atoms. The first-order valence-electron chi connectivity index (χ1n) is 4.29. The monoisotopic (exact) mass is 207 g/mol. The summed E-state index contributed by atoms with van der Waals surface area (Å²) in [6.45, 7) is 0. The largest absolute Gasteiger partial charge is 0.206 e. The van der Waals surface area contributed by atoms with E-state index in [1.807, 2.05) is 0 Å². The summed E-state index contributed by atoms with van der Waals surface area (Å²) in [7, 11) is 0. The van der Waals surface area contributed by atoms with E-state index >= 15 is 0 Å². The molecule has 0 nitrogen and oxygen atoms in total. The summed E-state index contributed by atoms with van der Waals surface area (Å²) in [6.07, 6.45) is 0. The first kappa shape index (κ1) is 9.77. The van der Waals surface area contributed by atoms with Crippen LogP contribution in [0, 0.1) is 23.5 Å². The van der Waals surface area contributed by atoms with Crippen LogP contribution in [-0.2, 0) is 0 Å². The molecule has 0 N–H and O–H groups in total. The average Bonchev–Trinajstić information content (AvgIpc) is 2.25. The summed E-state index contributed by atoms with van der Waals surface area (Å²) >= 11 is 0. The highest BCUT2D eigenvalue weighted by atomic mass is 19.2. The van der Waals surface area contributed by atoms with Crippen molar-refractivity contribution in [2.75, 3.05) is 0 Å². The lowest BCUT2D eigenvalue weighted by Crippen LogP contribution is -1.90. The summed E-state index contributed by atoms with van der Waals surface area (Å²) in [4.78, 5) is 0. The molecule has 3 heteroatoms. The average molecular weight is 207 g/mol. The fourth-order valence-corrected chi connectivity index (χ4v) is 1.31. The van der Waals surface area contributed by atoms with E-state index in [4.69, 9.17) is 0 Å². The van der Waals surface area contributed by atoms with Crippen molar-refractivity contribution in [3.05, 3.63) is 59.9 Å². The molecule has 2 rings (SSSR count). The van der Waals surface area contributed by atoms with E-state index in [-0.39, 0.29) is 5.56 Å². The smallest absolute Gasteiger partial charge is 0.161 e. The van der Waals surface area contributed by atoms with Crippen LogP contribution in [0.15, 0.2) is 36.4 Å². The highest BCUT2D eigenvalue weighted by Gasteiger charge is 2.10. The first-order chi connectivity index (χ1) is 7.18. The van der Waals surface area contributed by atoms with E-state index in [0.717, 1.165) is 6.07 Å². The van der Waals surface area contributed by atoms with Gasteiger partial charge in [0, 0.05) is 11.6 Å². The maximum Gasteiger partial charge on any atom is 0.161 e. The molecule has 1 radical (unpaired) electrons. The second-order valence-electron chi connectivity index (χ2n) is 3.03. The molecule has 0 aliphatic heterocycles. The van der Waals surface area contributed by atoms with E-state index in [2.05, 4.69) is 6.07 Å². The topological polar surface area (TPSA) is 0 Å². The molecule has 0 heterocycles. The Balaban J connectivity index is 2.59. The zero-order chi connectivity index (χ0) is 10.8. The Morgan fingerprint density at radius 3 is 2.07 bits per heavy atom.